The molecular weight excluding hydrogens is 445 g/mol. The zero-order chi connectivity index (χ0) is 24.6. The minimum atomic E-state index is -4.56. The Kier molecular flexibility index (Phi) is 5.91. The quantitative estimate of drug-likeness (QED) is 0.488. The van der Waals surface area contributed by atoms with Crippen LogP contribution in [0.4, 0.5) is 24.5 Å². The van der Waals surface area contributed by atoms with Gasteiger partial charge in [0.25, 0.3) is 11.8 Å². The molecule has 3 aromatic rings. The van der Waals surface area contributed by atoms with E-state index in [1.807, 2.05) is 13.0 Å². The minimum Gasteiger partial charge on any atom is -0.496 e. The highest BCUT2D eigenvalue weighted by molar-refractivity contribution is 6.46. The number of hydrogen-bond acceptors (Lipinski definition) is 4. The molecule has 0 fully saturated rings. The molecule has 174 valence electrons. The van der Waals surface area contributed by atoms with Crippen molar-refractivity contribution in [3.05, 3.63) is 94.7 Å². The normalized spacial score (nSPS) is 14.1. The highest BCUT2D eigenvalue weighted by atomic mass is 19.4. The van der Waals surface area contributed by atoms with E-state index in [4.69, 9.17) is 4.74 Å². The Balaban J connectivity index is 1.88. The summed E-state index contributed by atoms with van der Waals surface area (Å²) >= 11 is 0. The molecule has 2 amide bonds. The lowest BCUT2D eigenvalue weighted by atomic mass is 10.0. The Bertz CT molecular complexity index is 1330. The zero-order valence-corrected chi connectivity index (χ0v) is 18.7. The Morgan fingerprint density at radius 3 is 2.29 bits per heavy atom. The molecule has 34 heavy (non-hydrogen) atoms. The fourth-order valence-electron chi connectivity index (χ4n) is 3.86. The van der Waals surface area contributed by atoms with Crippen LogP contribution in [0.2, 0.25) is 0 Å². The number of benzene rings is 3. The molecule has 3 aromatic carbocycles. The molecule has 0 radical (unpaired) electrons. The van der Waals surface area contributed by atoms with Crippen molar-refractivity contribution in [3.63, 3.8) is 0 Å². The number of carbonyl (C=O) groups is 2. The number of ether oxygens (including phenoxy) is 1. The number of anilines is 2. The molecule has 0 saturated heterocycles. The van der Waals surface area contributed by atoms with Gasteiger partial charge in [0.2, 0.25) is 0 Å². The van der Waals surface area contributed by atoms with E-state index in [1.54, 1.807) is 43.3 Å². The lowest BCUT2D eigenvalue weighted by Crippen LogP contribution is -2.33. The highest BCUT2D eigenvalue weighted by Gasteiger charge is 2.42. The third-order valence-electron chi connectivity index (χ3n) is 5.74. The van der Waals surface area contributed by atoms with E-state index in [1.165, 1.54) is 19.2 Å². The standard InChI is InChI=1S/C26H21F3N2O3/c1-15-8-6-12-20(16(15)2)31-24(32)22(19-11-4-5-13-21(19)34-3)23(25(31)33)30-18-10-7-9-17(14-18)26(27,28)29/h4-14,30H,1-3H3. The van der Waals surface area contributed by atoms with Gasteiger partial charge in [0.1, 0.15) is 11.4 Å². The van der Waals surface area contributed by atoms with Crippen LogP contribution >= 0.6 is 0 Å². The SMILES string of the molecule is COc1ccccc1C1=C(Nc2cccc(C(F)(F)F)c2)C(=O)N(c2cccc(C)c2C)C1=O. The van der Waals surface area contributed by atoms with Crippen LogP contribution in [0.25, 0.3) is 5.57 Å². The van der Waals surface area contributed by atoms with Crippen molar-refractivity contribution in [1.82, 2.24) is 0 Å². The number of halogens is 3. The number of methoxy groups -OCH3 is 1. The number of alkyl halides is 3. The van der Waals surface area contributed by atoms with Crippen molar-refractivity contribution in [3.8, 4) is 5.75 Å². The summed E-state index contributed by atoms with van der Waals surface area (Å²) in [5.74, 6) is -0.917. The van der Waals surface area contributed by atoms with Gasteiger partial charge in [-0.15, -0.1) is 0 Å². The predicted octanol–water partition coefficient (Wildman–Crippen LogP) is 5.73. The average molecular weight is 466 g/mol. The smallest absolute Gasteiger partial charge is 0.416 e. The molecule has 5 nitrogen and oxygen atoms in total. The minimum absolute atomic E-state index is 0.0146. The van der Waals surface area contributed by atoms with E-state index in [0.717, 1.165) is 28.2 Å². The lowest BCUT2D eigenvalue weighted by Gasteiger charge is -2.19. The second-order valence-corrected chi connectivity index (χ2v) is 7.82. The molecule has 0 bridgehead atoms. The summed E-state index contributed by atoms with van der Waals surface area (Å²) in [7, 11) is 1.43. The Labute approximate surface area is 194 Å². The Morgan fingerprint density at radius 2 is 1.59 bits per heavy atom. The van der Waals surface area contributed by atoms with Gasteiger partial charge in [-0.2, -0.15) is 13.2 Å². The largest absolute Gasteiger partial charge is 0.496 e. The van der Waals surface area contributed by atoms with Crippen molar-refractivity contribution in [2.75, 3.05) is 17.3 Å². The van der Waals surface area contributed by atoms with Gasteiger partial charge in [-0.25, -0.2) is 4.90 Å². The third-order valence-corrected chi connectivity index (χ3v) is 5.74. The van der Waals surface area contributed by atoms with Gasteiger partial charge in [0.05, 0.1) is 23.9 Å². The van der Waals surface area contributed by atoms with Gasteiger partial charge in [0, 0.05) is 11.3 Å². The first-order valence-corrected chi connectivity index (χ1v) is 10.4. The van der Waals surface area contributed by atoms with Crippen LogP contribution in [-0.2, 0) is 15.8 Å². The van der Waals surface area contributed by atoms with Crippen molar-refractivity contribution in [2.24, 2.45) is 0 Å². The summed E-state index contributed by atoms with van der Waals surface area (Å²) in [5, 5.41) is 2.78. The number of amides is 2. The molecule has 0 saturated carbocycles. The Hall–Kier alpha value is -4.07. The second-order valence-electron chi connectivity index (χ2n) is 7.82. The summed E-state index contributed by atoms with van der Waals surface area (Å²) < 4.78 is 45.1. The molecule has 0 unspecified atom stereocenters. The predicted molar refractivity (Wildman–Crippen MR) is 123 cm³/mol. The van der Waals surface area contributed by atoms with E-state index in [0.29, 0.717) is 17.0 Å². The summed E-state index contributed by atoms with van der Waals surface area (Å²) in [6.45, 7) is 3.66. The van der Waals surface area contributed by atoms with Gasteiger partial charge < -0.3 is 10.1 Å². The molecular formula is C26H21F3N2O3. The van der Waals surface area contributed by atoms with Crippen molar-refractivity contribution in [1.29, 1.82) is 0 Å². The number of nitrogens with zero attached hydrogens (tertiary/aromatic N) is 1. The molecule has 0 aliphatic carbocycles. The first kappa shape index (κ1) is 23.1. The Morgan fingerprint density at radius 1 is 0.882 bits per heavy atom. The van der Waals surface area contributed by atoms with Crippen molar-refractivity contribution >= 4 is 28.8 Å². The van der Waals surface area contributed by atoms with Gasteiger partial charge in [0.15, 0.2) is 0 Å². The monoisotopic (exact) mass is 466 g/mol. The first-order chi connectivity index (χ1) is 16.1. The van der Waals surface area contributed by atoms with Crippen LogP contribution in [0.5, 0.6) is 5.75 Å². The van der Waals surface area contributed by atoms with Crippen LogP contribution < -0.4 is 15.0 Å². The molecule has 0 atom stereocenters. The van der Waals surface area contributed by atoms with E-state index in [-0.39, 0.29) is 17.0 Å². The molecule has 1 aliphatic heterocycles. The van der Waals surface area contributed by atoms with Gasteiger partial charge >= 0.3 is 6.18 Å². The maximum Gasteiger partial charge on any atom is 0.416 e. The molecule has 1 N–H and O–H groups in total. The van der Waals surface area contributed by atoms with E-state index >= 15 is 0 Å². The molecule has 0 aromatic heterocycles. The molecule has 1 aliphatic rings. The maximum atomic E-state index is 13.6. The molecule has 4 rings (SSSR count). The fraction of sp³-hybridized carbons (Fsp3) is 0.154. The number of carbonyl (C=O) groups excluding carboxylic acids is 2. The van der Waals surface area contributed by atoms with Crippen LogP contribution in [0.3, 0.4) is 0 Å². The summed E-state index contributed by atoms with van der Waals surface area (Å²) in [5.41, 5.74) is 1.42. The summed E-state index contributed by atoms with van der Waals surface area (Å²) in [4.78, 5) is 28.3. The van der Waals surface area contributed by atoms with Crippen molar-refractivity contribution < 1.29 is 27.5 Å². The molecule has 0 spiro atoms. The van der Waals surface area contributed by atoms with Gasteiger partial charge in [-0.1, -0.05) is 36.4 Å². The molecule has 1 heterocycles. The van der Waals surface area contributed by atoms with E-state index in [2.05, 4.69) is 5.32 Å². The maximum absolute atomic E-state index is 13.6. The average Bonchev–Trinajstić information content (AvgIpc) is 3.04. The van der Waals surface area contributed by atoms with Crippen molar-refractivity contribution in [2.45, 2.75) is 20.0 Å². The summed E-state index contributed by atoms with van der Waals surface area (Å²) in [6.07, 6.45) is -4.56. The lowest BCUT2D eigenvalue weighted by molar-refractivity contribution is -0.137. The van der Waals surface area contributed by atoms with E-state index in [9.17, 15) is 22.8 Å². The number of rotatable bonds is 5. The second kappa shape index (κ2) is 8.70. The van der Waals surface area contributed by atoms with Crippen LogP contribution in [0.15, 0.2) is 72.4 Å². The molecule has 8 heteroatoms. The fourth-order valence-corrected chi connectivity index (χ4v) is 3.86. The zero-order valence-electron chi connectivity index (χ0n) is 18.7. The number of nitrogens with one attached hydrogen (secondary N) is 1. The van der Waals surface area contributed by atoms with Crippen LogP contribution in [-0.4, -0.2) is 18.9 Å². The first-order valence-electron chi connectivity index (χ1n) is 10.4. The number of imide groups is 1. The number of hydrogen-bond donors (Lipinski definition) is 1. The van der Waals surface area contributed by atoms with Crippen LogP contribution in [0.1, 0.15) is 22.3 Å². The third kappa shape index (κ3) is 4.03. The van der Waals surface area contributed by atoms with Gasteiger partial charge in [-0.3, -0.25) is 9.59 Å². The highest BCUT2D eigenvalue weighted by Crippen LogP contribution is 2.39. The number of aryl methyl sites for hydroxylation is 1. The van der Waals surface area contributed by atoms with Gasteiger partial charge in [-0.05, 0) is 55.3 Å². The topological polar surface area (TPSA) is 58.6 Å². The van der Waals surface area contributed by atoms with Crippen LogP contribution in [0, 0.1) is 13.8 Å². The van der Waals surface area contributed by atoms with E-state index < -0.39 is 23.6 Å². The summed E-state index contributed by atoms with van der Waals surface area (Å²) in [6, 6.07) is 16.4. The number of para-hydroxylation sites is 1.